The maximum Gasteiger partial charge on any atom is 0.000449 e. The quantitative estimate of drug-likeness (QED) is 0.591. The minimum absolute atomic E-state index is 0.804. The van der Waals surface area contributed by atoms with E-state index in [4.69, 9.17) is 0 Å². The molecule has 0 aliphatic heterocycles. The average Bonchev–Trinajstić information content (AvgIpc) is 2.28. The summed E-state index contributed by atoms with van der Waals surface area (Å²) in [5.41, 5.74) is 0. The first kappa shape index (κ1) is 16.0. The van der Waals surface area contributed by atoms with Gasteiger partial charge in [0.2, 0.25) is 0 Å². The van der Waals surface area contributed by atoms with Gasteiger partial charge in [-0.15, -0.1) is 0 Å². The van der Waals surface area contributed by atoms with E-state index in [9.17, 15) is 0 Å². The minimum Gasteiger partial charge on any atom is -0.303 e. The molecule has 0 spiro atoms. The zero-order valence-corrected chi connectivity index (χ0v) is 13.3. The molecule has 1 aliphatic carbocycles. The first-order valence-electron chi connectivity index (χ1n) is 8.30. The number of nitrogens with zero attached hydrogens (tertiary/aromatic N) is 1. The first-order chi connectivity index (χ1) is 8.58. The molecule has 0 bridgehead atoms. The van der Waals surface area contributed by atoms with Gasteiger partial charge in [-0.25, -0.2) is 0 Å². The van der Waals surface area contributed by atoms with E-state index in [-0.39, 0.29) is 0 Å². The molecule has 1 saturated carbocycles. The molecule has 0 heterocycles. The summed E-state index contributed by atoms with van der Waals surface area (Å²) in [6.07, 6.45) is 10.4. The molecule has 18 heavy (non-hydrogen) atoms. The van der Waals surface area contributed by atoms with Crippen molar-refractivity contribution in [3.05, 3.63) is 0 Å². The molecule has 0 atom stereocenters. The lowest BCUT2D eigenvalue weighted by Gasteiger charge is -2.27. The third-order valence-electron chi connectivity index (χ3n) is 4.06. The van der Waals surface area contributed by atoms with Crippen LogP contribution in [0.15, 0.2) is 0 Å². The molecule has 0 saturated heterocycles. The summed E-state index contributed by atoms with van der Waals surface area (Å²) >= 11 is 0. The van der Waals surface area contributed by atoms with Crippen LogP contribution >= 0.6 is 0 Å². The van der Waals surface area contributed by atoms with Crippen LogP contribution in [-0.2, 0) is 0 Å². The lowest BCUT2D eigenvalue weighted by Crippen LogP contribution is -2.32. The third-order valence-corrected chi connectivity index (χ3v) is 4.06. The molecule has 1 aliphatic rings. The highest BCUT2D eigenvalue weighted by atomic mass is 15.1. The predicted octanol–water partition coefficient (Wildman–Crippen LogP) is 4.96. The van der Waals surface area contributed by atoms with Crippen molar-refractivity contribution < 1.29 is 0 Å². The van der Waals surface area contributed by atoms with Crippen molar-refractivity contribution in [2.45, 2.75) is 72.6 Å². The summed E-state index contributed by atoms with van der Waals surface area (Å²) in [6, 6.07) is 0. The van der Waals surface area contributed by atoms with Gasteiger partial charge in [0.15, 0.2) is 0 Å². The van der Waals surface area contributed by atoms with E-state index in [0.29, 0.717) is 0 Å². The Balaban J connectivity index is 2.18. The van der Waals surface area contributed by atoms with E-state index in [2.05, 4.69) is 32.6 Å². The highest BCUT2D eigenvalue weighted by Gasteiger charge is 2.14. The highest BCUT2D eigenvalue weighted by Crippen LogP contribution is 2.27. The van der Waals surface area contributed by atoms with Crippen molar-refractivity contribution in [1.29, 1.82) is 0 Å². The molecule has 0 aromatic heterocycles. The molecule has 1 fully saturated rings. The van der Waals surface area contributed by atoms with E-state index in [1.807, 2.05) is 0 Å². The van der Waals surface area contributed by atoms with Crippen LogP contribution in [0.4, 0.5) is 0 Å². The fourth-order valence-corrected chi connectivity index (χ4v) is 3.37. The maximum atomic E-state index is 2.69. The van der Waals surface area contributed by atoms with Crippen LogP contribution in [0.1, 0.15) is 72.6 Å². The molecule has 0 amide bonds. The summed E-state index contributed by atoms with van der Waals surface area (Å²) in [6.45, 7) is 13.3. The van der Waals surface area contributed by atoms with E-state index < -0.39 is 0 Å². The monoisotopic (exact) mass is 253 g/mol. The van der Waals surface area contributed by atoms with Gasteiger partial charge in [0.25, 0.3) is 0 Å². The van der Waals surface area contributed by atoms with Gasteiger partial charge in [-0.1, -0.05) is 59.8 Å². The maximum absolute atomic E-state index is 2.69. The molecule has 108 valence electrons. The topological polar surface area (TPSA) is 3.24 Å². The van der Waals surface area contributed by atoms with Crippen LogP contribution in [0.5, 0.6) is 0 Å². The minimum atomic E-state index is 0.804. The van der Waals surface area contributed by atoms with Gasteiger partial charge in [0.1, 0.15) is 0 Å². The van der Waals surface area contributed by atoms with Gasteiger partial charge in [-0.2, -0.15) is 0 Å². The SMILES string of the molecule is CC(C)CN(CCCC1CCCCC1)CC(C)C. The lowest BCUT2D eigenvalue weighted by molar-refractivity contribution is 0.206. The fraction of sp³-hybridized carbons (Fsp3) is 1.00. The number of hydrogen-bond donors (Lipinski definition) is 0. The van der Waals surface area contributed by atoms with E-state index in [0.717, 1.165) is 17.8 Å². The summed E-state index contributed by atoms with van der Waals surface area (Å²) in [5, 5.41) is 0. The molecular formula is C17H35N. The molecule has 0 aromatic rings. The van der Waals surface area contributed by atoms with Crippen molar-refractivity contribution >= 4 is 0 Å². The second-order valence-electron chi connectivity index (χ2n) is 7.19. The van der Waals surface area contributed by atoms with Gasteiger partial charge in [0.05, 0.1) is 0 Å². The molecule has 0 N–H and O–H groups in total. The standard InChI is InChI=1S/C17H35N/c1-15(2)13-18(14-16(3)4)12-8-11-17-9-6-5-7-10-17/h15-17H,5-14H2,1-4H3. The molecule has 1 rings (SSSR count). The zero-order chi connectivity index (χ0) is 13.4. The molecule has 0 unspecified atom stereocenters. The second-order valence-corrected chi connectivity index (χ2v) is 7.19. The summed E-state index contributed by atoms with van der Waals surface area (Å²) in [4.78, 5) is 2.69. The Morgan fingerprint density at radius 3 is 1.94 bits per heavy atom. The molecule has 1 heteroatoms. The van der Waals surface area contributed by atoms with Gasteiger partial charge in [-0.05, 0) is 37.1 Å². The molecule has 0 radical (unpaired) electrons. The van der Waals surface area contributed by atoms with Crippen LogP contribution in [0.25, 0.3) is 0 Å². The van der Waals surface area contributed by atoms with E-state index in [1.54, 1.807) is 0 Å². The van der Waals surface area contributed by atoms with E-state index in [1.165, 1.54) is 64.6 Å². The second kappa shape index (κ2) is 8.96. The van der Waals surface area contributed by atoms with Crippen LogP contribution in [0.3, 0.4) is 0 Å². The van der Waals surface area contributed by atoms with Crippen LogP contribution in [-0.4, -0.2) is 24.5 Å². The van der Waals surface area contributed by atoms with Crippen LogP contribution < -0.4 is 0 Å². The Hall–Kier alpha value is -0.0400. The Morgan fingerprint density at radius 1 is 0.889 bits per heavy atom. The van der Waals surface area contributed by atoms with Crippen LogP contribution in [0, 0.1) is 17.8 Å². The fourth-order valence-electron chi connectivity index (χ4n) is 3.37. The summed E-state index contributed by atoms with van der Waals surface area (Å²) < 4.78 is 0. The van der Waals surface area contributed by atoms with Crippen molar-refractivity contribution in [2.75, 3.05) is 19.6 Å². The van der Waals surface area contributed by atoms with Gasteiger partial charge < -0.3 is 4.90 Å². The summed E-state index contributed by atoms with van der Waals surface area (Å²) in [7, 11) is 0. The third kappa shape index (κ3) is 7.41. The van der Waals surface area contributed by atoms with Crippen LogP contribution in [0.2, 0.25) is 0 Å². The van der Waals surface area contributed by atoms with Crippen molar-refractivity contribution in [3.63, 3.8) is 0 Å². The first-order valence-corrected chi connectivity index (χ1v) is 8.30. The normalized spacial score (nSPS) is 18.2. The average molecular weight is 253 g/mol. The van der Waals surface area contributed by atoms with Gasteiger partial charge in [-0.3, -0.25) is 0 Å². The van der Waals surface area contributed by atoms with Crippen molar-refractivity contribution in [2.24, 2.45) is 17.8 Å². The largest absolute Gasteiger partial charge is 0.303 e. The van der Waals surface area contributed by atoms with Crippen molar-refractivity contribution in [1.82, 2.24) is 4.90 Å². The molecular weight excluding hydrogens is 218 g/mol. The van der Waals surface area contributed by atoms with Gasteiger partial charge in [0, 0.05) is 13.1 Å². The molecule has 1 nitrogen and oxygen atoms in total. The number of rotatable bonds is 8. The smallest absolute Gasteiger partial charge is 0.000449 e. The highest BCUT2D eigenvalue weighted by molar-refractivity contribution is 4.68. The van der Waals surface area contributed by atoms with Crippen molar-refractivity contribution in [3.8, 4) is 0 Å². The Kier molecular flexibility index (Phi) is 7.97. The number of hydrogen-bond acceptors (Lipinski definition) is 1. The Bertz CT molecular complexity index is 182. The summed E-state index contributed by atoms with van der Waals surface area (Å²) in [5.74, 6) is 2.66. The molecule has 0 aromatic carbocycles. The zero-order valence-electron chi connectivity index (χ0n) is 13.3. The van der Waals surface area contributed by atoms with Gasteiger partial charge >= 0.3 is 0 Å². The predicted molar refractivity (Wildman–Crippen MR) is 81.9 cm³/mol. The lowest BCUT2D eigenvalue weighted by atomic mass is 9.86. The Morgan fingerprint density at radius 2 is 1.44 bits per heavy atom. The van der Waals surface area contributed by atoms with E-state index >= 15 is 0 Å². The Labute approximate surface area is 115 Å².